The summed E-state index contributed by atoms with van der Waals surface area (Å²) >= 11 is 0. The molecule has 3 rings (SSSR count). The molecule has 2 aliphatic heterocycles. The first-order valence-corrected chi connectivity index (χ1v) is 5.91. The first kappa shape index (κ1) is 12.3. The van der Waals surface area contributed by atoms with E-state index in [0.717, 1.165) is 4.90 Å². The van der Waals surface area contributed by atoms with E-state index in [4.69, 9.17) is 0 Å². The number of hydrogen-bond donors (Lipinski definition) is 1. The van der Waals surface area contributed by atoms with Crippen molar-refractivity contribution in [1.29, 1.82) is 0 Å². The van der Waals surface area contributed by atoms with E-state index in [1.807, 2.05) is 0 Å². The Bertz CT molecular complexity index is 619. The van der Waals surface area contributed by atoms with Crippen molar-refractivity contribution >= 4 is 23.7 Å². The van der Waals surface area contributed by atoms with Gasteiger partial charge in [-0.15, -0.1) is 0 Å². The third kappa shape index (κ3) is 1.46. The van der Waals surface area contributed by atoms with Crippen LogP contribution < -0.4 is 5.32 Å². The van der Waals surface area contributed by atoms with Gasteiger partial charge in [-0.3, -0.25) is 19.3 Å². The van der Waals surface area contributed by atoms with Crippen molar-refractivity contribution in [1.82, 2.24) is 10.2 Å². The van der Waals surface area contributed by atoms with Gasteiger partial charge in [0, 0.05) is 0 Å². The van der Waals surface area contributed by atoms with Crippen LogP contribution >= 0.6 is 0 Å². The SMILES string of the molecule is COC(=O)[C@H]1NC(=O)[C@H]1N1C(=O)c2ccccc2C1=O. The lowest BCUT2D eigenvalue weighted by Gasteiger charge is -2.38. The minimum atomic E-state index is -1.14. The maximum absolute atomic E-state index is 12.2. The number of β-lactam (4-membered cyclic amide) rings is 1. The molecule has 7 nitrogen and oxygen atoms in total. The normalized spacial score (nSPS) is 24.1. The molecule has 20 heavy (non-hydrogen) atoms. The molecule has 3 amide bonds. The fourth-order valence-corrected chi connectivity index (χ4v) is 2.41. The minimum absolute atomic E-state index is 0.237. The lowest BCUT2D eigenvalue weighted by atomic mass is 9.97. The van der Waals surface area contributed by atoms with Crippen LogP contribution in [0.5, 0.6) is 0 Å². The lowest BCUT2D eigenvalue weighted by Crippen LogP contribution is -2.72. The van der Waals surface area contributed by atoms with Crippen molar-refractivity contribution in [2.75, 3.05) is 7.11 Å². The Kier molecular flexibility index (Phi) is 2.56. The number of rotatable bonds is 2. The van der Waals surface area contributed by atoms with Gasteiger partial charge in [-0.05, 0) is 12.1 Å². The Morgan fingerprint density at radius 3 is 2.15 bits per heavy atom. The molecule has 0 radical (unpaired) electrons. The second-order valence-electron chi connectivity index (χ2n) is 4.48. The molecule has 1 saturated heterocycles. The Balaban J connectivity index is 1.96. The van der Waals surface area contributed by atoms with Gasteiger partial charge in [0.25, 0.3) is 11.8 Å². The standard InChI is InChI=1S/C13H10N2O5/c1-20-13(19)8-9(10(16)14-8)15-11(17)6-4-2-3-5-7(6)12(15)18/h2-5,8-9H,1H3,(H,14,16)/t8-,9-/m0/s1. The van der Waals surface area contributed by atoms with Gasteiger partial charge in [-0.25, -0.2) is 4.79 Å². The number of imide groups is 1. The Labute approximate surface area is 113 Å². The maximum Gasteiger partial charge on any atom is 0.331 e. The fourth-order valence-electron chi connectivity index (χ4n) is 2.41. The minimum Gasteiger partial charge on any atom is -0.467 e. The number of fused-ring (bicyclic) bond motifs is 1. The number of carbonyl (C=O) groups excluding carboxylic acids is 4. The zero-order valence-electron chi connectivity index (χ0n) is 10.5. The summed E-state index contributed by atoms with van der Waals surface area (Å²) in [6.07, 6.45) is 0. The van der Waals surface area contributed by atoms with E-state index in [1.54, 1.807) is 12.1 Å². The van der Waals surface area contributed by atoms with Gasteiger partial charge in [-0.2, -0.15) is 0 Å². The second kappa shape index (κ2) is 4.16. The highest BCUT2D eigenvalue weighted by Gasteiger charge is 2.54. The number of benzene rings is 1. The lowest BCUT2D eigenvalue weighted by molar-refractivity contribution is -0.155. The number of nitrogens with one attached hydrogen (secondary N) is 1. The zero-order valence-corrected chi connectivity index (χ0v) is 10.5. The molecule has 0 aliphatic carbocycles. The van der Waals surface area contributed by atoms with Gasteiger partial charge in [0.15, 0.2) is 6.04 Å². The average molecular weight is 274 g/mol. The van der Waals surface area contributed by atoms with Crippen molar-refractivity contribution in [3.63, 3.8) is 0 Å². The van der Waals surface area contributed by atoms with Crippen LogP contribution in [0.4, 0.5) is 0 Å². The molecule has 1 N–H and O–H groups in total. The van der Waals surface area contributed by atoms with Gasteiger partial charge in [0.1, 0.15) is 6.04 Å². The van der Waals surface area contributed by atoms with Gasteiger partial charge in [0.2, 0.25) is 5.91 Å². The fraction of sp³-hybridized carbons (Fsp3) is 0.231. The molecular formula is C13H10N2O5. The number of hydrogen-bond acceptors (Lipinski definition) is 5. The molecule has 0 spiro atoms. The monoisotopic (exact) mass is 274 g/mol. The van der Waals surface area contributed by atoms with Crippen LogP contribution in [0, 0.1) is 0 Å². The highest BCUT2D eigenvalue weighted by Crippen LogP contribution is 2.28. The highest BCUT2D eigenvalue weighted by atomic mass is 16.5. The smallest absolute Gasteiger partial charge is 0.331 e. The van der Waals surface area contributed by atoms with E-state index in [-0.39, 0.29) is 11.1 Å². The molecule has 0 bridgehead atoms. The molecule has 2 aliphatic rings. The number of ether oxygens (including phenoxy) is 1. The molecule has 0 aromatic heterocycles. The van der Waals surface area contributed by atoms with Crippen molar-refractivity contribution in [2.24, 2.45) is 0 Å². The summed E-state index contributed by atoms with van der Waals surface area (Å²) < 4.78 is 4.54. The Morgan fingerprint density at radius 2 is 1.70 bits per heavy atom. The third-order valence-corrected chi connectivity index (χ3v) is 3.44. The van der Waals surface area contributed by atoms with Crippen molar-refractivity contribution in [3.8, 4) is 0 Å². The molecule has 2 atom stereocenters. The highest BCUT2D eigenvalue weighted by molar-refractivity contribution is 6.24. The summed E-state index contributed by atoms with van der Waals surface area (Å²) in [7, 11) is 1.17. The molecular weight excluding hydrogens is 264 g/mol. The molecule has 1 fully saturated rings. The first-order valence-electron chi connectivity index (χ1n) is 5.91. The van der Waals surface area contributed by atoms with E-state index in [9.17, 15) is 19.2 Å². The van der Waals surface area contributed by atoms with Gasteiger partial charge in [-0.1, -0.05) is 12.1 Å². The average Bonchev–Trinajstić information content (AvgIpc) is 2.70. The molecule has 2 heterocycles. The quantitative estimate of drug-likeness (QED) is 0.438. The predicted octanol–water partition coefficient (Wildman–Crippen LogP) is -0.677. The van der Waals surface area contributed by atoms with E-state index < -0.39 is 35.8 Å². The summed E-state index contributed by atoms with van der Waals surface area (Å²) in [4.78, 5) is 48.4. The molecule has 0 unspecified atom stereocenters. The summed E-state index contributed by atoms with van der Waals surface area (Å²) in [5, 5.41) is 2.33. The van der Waals surface area contributed by atoms with Crippen molar-refractivity contribution in [2.45, 2.75) is 12.1 Å². The summed E-state index contributed by atoms with van der Waals surface area (Å²) in [6, 6.07) is 4.14. The molecule has 0 saturated carbocycles. The third-order valence-electron chi connectivity index (χ3n) is 3.44. The first-order chi connectivity index (χ1) is 9.56. The van der Waals surface area contributed by atoms with Crippen LogP contribution in [0.3, 0.4) is 0 Å². The van der Waals surface area contributed by atoms with Crippen LogP contribution in [-0.4, -0.2) is 47.8 Å². The van der Waals surface area contributed by atoms with E-state index >= 15 is 0 Å². The number of methoxy groups -OCH3 is 1. The molecule has 1 aromatic carbocycles. The zero-order chi connectivity index (χ0) is 14.4. The van der Waals surface area contributed by atoms with Crippen LogP contribution in [-0.2, 0) is 14.3 Å². The molecule has 1 aromatic rings. The van der Waals surface area contributed by atoms with Crippen LogP contribution in [0.2, 0.25) is 0 Å². The van der Waals surface area contributed by atoms with Crippen LogP contribution in [0.25, 0.3) is 0 Å². The van der Waals surface area contributed by atoms with E-state index in [2.05, 4.69) is 10.1 Å². The van der Waals surface area contributed by atoms with Crippen LogP contribution in [0.15, 0.2) is 24.3 Å². The second-order valence-corrected chi connectivity index (χ2v) is 4.48. The van der Waals surface area contributed by atoms with Crippen LogP contribution in [0.1, 0.15) is 20.7 Å². The number of nitrogens with zero attached hydrogens (tertiary/aromatic N) is 1. The Hall–Kier alpha value is -2.70. The maximum atomic E-state index is 12.2. The topological polar surface area (TPSA) is 92.8 Å². The van der Waals surface area contributed by atoms with E-state index in [0.29, 0.717) is 0 Å². The number of amides is 3. The Morgan fingerprint density at radius 1 is 1.15 bits per heavy atom. The largest absolute Gasteiger partial charge is 0.467 e. The number of carbonyl (C=O) groups is 4. The van der Waals surface area contributed by atoms with Gasteiger partial charge >= 0.3 is 5.97 Å². The van der Waals surface area contributed by atoms with E-state index in [1.165, 1.54) is 19.2 Å². The van der Waals surface area contributed by atoms with Gasteiger partial charge < -0.3 is 10.1 Å². The summed E-state index contributed by atoms with van der Waals surface area (Å²) in [5.74, 6) is -2.38. The summed E-state index contributed by atoms with van der Waals surface area (Å²) in [5.41, 5.74) is 0.474. The number of esters is 1. The van der Waals surface area contributed by atoms with Crippen molar-refractivity contribution in [3.05, 3.63) is 35.4 Å². The van der Waals surface area contributed by atoms with Crippen molar-refractivity contribution < 1.29 is 23.9 Å². The molecule has 7 heteroatoms. The predicted molar refractivity (Wildman–Crippen MR) is 64.7 cm³/mol. The van der Waals surface area contributed by atoms with Gasteiger partial charge in [0.05, 0.1) is 18.2 Å². The summed E-state index contributed by atoms with van der Waals surface area (Å²) in [6.45, 7) is 0. The molecule has 102 valence electrons.